The first kappa shape index (κ1) is 12.4. The molecule has 0 bridgehead atoms. The summed E-state index contributed by atoms with van der Waals surface area (Å²) in [4.78, 5) is 24.9. The first-order valence-electron chi connectivity index (χ1n) is 6.18. The topological polar surface area (TPSA) is 75.4 Å². The number of rotatable bonds is 2. The first-order chi connectivity index (χ1) is 9.54. The molecule has 20 heavy (non-hydrogen) atoms. The lowest BCUT2D eigenvalue weighted by Gasteiger charge is -2.13. The van der Waals surface area contributed by atoms with E-state index in [1.165, 1.54) is 0 Å². The molecule has 0 spiro atoms. The molecule has 6 heteroatoms. The third-order valence-corrected chi connectivity index (χ3v) is 3.40. The van der Waals surface area contributed by atoms with Crippen molar-refractivity contribution < 1.29 is 14.7 Å². The van der Waals surface area contributed by atoms with Crippen molar-refractivity contribution >= 4 is 11.9 Å². The summed E-state index contributed by atoms with van der Waals surface area (Å²) >= 11 is 0. The minimum Gasteiger partial charge on any atom is -0.478 e. The molecule has 0 aliphatic carbocycles. The molecule has 0 atom stereocenters. The van der Waals surface area contributed by atoms with E-state index in [0.717, 1.165) is 11.1 Å². The van der Waals surface area contributed by atoms with Crippen LogP contribution in [0.2, 0.25) is 0 Å². The summed E-state index contributed by atoms with van der Waals surface area (Å²) in [5.41, 5.74) is 2.52. The van der Waals surface area contributed by atoms with Gasteiger partial charge in [0.15, 0.2) is 0 Å². The summed E-state index contributed by atoms with van der Waals surface area (Å²) in [5, 5.41) is 13.1. The second kappa shape index (κ2) is 4.48. The predicted molar refractivity (Wildman–Crippen MR) is 70.2 cm³/mol. The van der Waals surface area contributed by atoms with E-state index in [9.17, 15) is 9.59 Å². The molecule has 1 aliphatic heterocycles. The third-order valence-electron chi connectivity index (χ3n) is 3.40. The average molecular weight is 271 g/mol. The van der Waals surface area contributed by atoms with Crippen molar-refractivity contribution in [1.82, 2.24) is 14.7 Å². The van der Waals surface area contributed by atoms with Gasteiger partial charge in [-0.15, -0.1) is 0 Å². The molecule has 1 aromatic heterocycles. The van der Waals surface area contributed by atoms with Crippen molar-refractivity contribution in [2.75, 3.05) is 0 Å². The van der Waals surface area contributed by atoms with Crippen molar-refractivity contribution in [2.45, 2.75) is 13.1 Å². The van der Waals surface area contributed by atoms with E-state index in [0.29, 0.717) is 18.8 Å². The summed E-state index contributed by atoms with van der Waals surface area (Å²) in [5.74, 6) is -1.10. The van der Waals surface area contributed by atoms with Gasteiger partial charge in [0.2, 0.25) is 0 Å². The lowest BCUT2D eigenvalue weighted by Crippen LogP contribution is -2.25. The smallest absolute Gasteiger partial charge is 0.335 e. The highest BCUT2D eigenvalue weighted by molar-refractivity contribution is 5.93. The monoisotopic (exact) mass is 271 g/mol. The molecule has 1 aromatic carbocycles. The number of fused-ring (bicyclic) bond motifs is 1. The van der Waals surface area contributed by atoms with Gasteiger partial charge in [-0.1, -0.05) is 6.07 Å². The van der Waals surface area contributed by atoms with Gasteiger partial charge in [0.05, 0.1) is 5.56 Å². The molecule has 6 nitrogen and oxygen atoms in total. The van der Waals surface area contributed by atoms with Crippen LogP contribution in [-0.2, 0) is 20.1 Å². The zero-order chi connectivity index (χ0) is 14.3. The molecule has 1 N–H and O–H groups in total. The summed E-state index contributed by atoms with van der Waals surface area (Å²) in [6.45, 7) is 0.913. The molecule has 0 fully saturated rings. The molecule has 0 saturated heterocycles. The Labute approximate surface area is 115 Å². The number of amides is 1. The van der Waals surface area contributed by atoms with Crippen LogP contribution >= 0.6 is 0 Å². The third kappa shape index (κ3) is 2.05. The fourth-order valence-corrected chi connectivity index (χ4v) is 2.36. The number of carboxylic acid groups (broad SMARTS) is 1. The number of hydrogen-bond acceptors (Lipinski definition) is 3. The molecule has 0 unspecified atom stereocenters. The predicted octanol–water partition coefficient (Wildman–Crippen LogP) is 1.27. The van der Waals surface area contributed by atoms with Crippen LogP contribution in [0.1, 0.15) is 32.0 Å². The van der Waals surface area contributed by atoms with Crippen LogP contribution < -0.4 is 0 Å². The maximum absolute atomic E-state index is 12.3. The second-order valence-electron chi connectivity index (χ2n) is 4.82. The Morgan fingerprint density at radius 3 is 2.60 bits per heavy atom. The number of carboxylic acids is 1. The highest BCUT2D eigenvalue weighted by Gasteiger charge is 2.26. The highest BCUT2D eigenvalue weighted by Crippen LogP contribution is 2.25. The van der Waals surface area contributed by atoms with Crippen LogP contribution in [0.15, 0.2) is 30.5 Å². The van der Waals surface area contributed by atoms with Crippen molar-refractivity contribution in [3.8, 4) is 0 Å². The van der Waals surface area contributed by atoms with Crippen LogP contribution in [-0.4, -0.2) is 31.7 Å². The molecule has 102 valence electrons. The Bertz CT molecular complexity index is 705. The molecular weight excluding hydrogens is 258 g/mol. The minimum atomic E-state index is -0.956. The molecule has 0 radical (unpaired) electrons. The molecule has 2 heterocycles. The Balaban J connectivity index is 1.83. The molecule has 2 aromatic rings. The lowest BCUT2D eigenvalue weighted by molar-refractivity contribution is 0.0696. The Morgan fingerprint density at radius 1 is 1.20 bits per heavy atom. The van der Waals surface area contributed by atoms with Crippen molar-refractivity contribution in [2.24, 2.45) is 7.05 Å². The van der Waals surface area contributed by atoms with Gasteiger partial charge in [-0.05, 0) is 29.3 Å². The highest BCUT2D eigenvalue weighted by atomic mass is 16.4. The van der Waals surface area contributed by atoms with Gasteiger partial charge >= 0.3 is 5.97 Å². The van der Waals surface area contributed by atoms with E-state index in [-0.39, 0.29) is 11.5 Å². The van der Waals surface area contributed by atoms with Gasteiger partial charge in [-0.25, -0.2) is 4.79 Å². The average Bonchev–Trinajstić information content (AvgIpc) is 3.02. The van der Waals surface area contributed by atoms with Crippen LogP contribution in [0.4, 0.5) is 0 Å². The second-order valence-corrected chi connectivity index (χ2v) is 4.82. The number of hydrogen-bond donors (Lipinski definition) is 1. The van der Waals surface area contributed by atoms with Gasteiger partial charge in [-0.2, -0.15) is 5.10 Å². The zero-order valence-corrected chi connectivity index (χ0v) is 10.9. The van der Waals surface area contributed by atoms with Crippen molar-refractivity contribution in [3.63, 3.8) is 0 Å². The Morgan fingerprint density at radius 2 is 1.95 bits per heavy atom. The standard InChI is InChI=1S/C14H13N3O3/c1-16-5-4-12(15-16)13(18)17-7-10-3-2-9(14(19)20)6-11(10)8-17/h2-6H,7-8H2,1H3,(H,19,20). The number of aromatic nitrogens is 2. The van der Waals surface area contributed by atoms with Crippen LogP contribution in [0.5, 0.6) is 0 Å². The Kier molecular flexibility index (Phi) is 2.78. The number of carbonyl (C=O) groups excluding carboxylic acids is 1. The maximum atomic E-state index is 12.3. The maximum Gasteiger partial charge on any atom is 0.335 e. The summed E-state index contributed by atoms with van der Waals surface area (Å²) in [7, 11) is 1.76. The normalized spacial score (nSPS) is 13.3. The first-order valence-corrected chi connectivity index (χ1v) is 6.18. The SMILES string of the molecule is Cn1ccc(C(=O)N2Cc3ccc(C(=O)O)cc3C2)n1. The number of benzene rings is 1. The van der Waals surface area contributed by atoms with Crippen molar-refractivity contribution in [3.05, 3.63) is 52.8 Å². The summed E-state index contributed by atoms with van der Waals surface area (Å²) in [6, 6.07) is 6.64. The van der Waals surface area contributed by atoms with E-state index in [2.05, 4.69) is 5.10 Å². The van der Waals surface area contributed by atoms with Gasteiger partial charge in [0.1, 0.15) is 5.69 Å². The van der Waals surface area contributed by atoms with Crippen LogP contribution in [0.25, 0.3) is 0 Å². The quantitative estimate of drug-likeness (QED) is 0.892. The van der Waals surface area contributed by atoms with Gasteiger partial charge < -0.3 is 10.0 Å². The van der Waals surface area contributed by atoms with Crippen LogP contribution in [0.3, 0.4) is 0 Å². The number of carbonyl (C=O) groups is 2. The van der Waals surface area contributed by atoms with Crippen molar-refractivity contribution in [1.29, 1.82) is 0 Å². The summed E-state index contributed by atoms with van der Waals surface area (Å²) in [6.07, 6.45) is 1.72. The fraction of sp³-hybridized carbons (Fsp3) is 0.214. The molecule has 1 amide bonds. The zero-order valence-electron chi connectivity index (χ0n) is 10.9. The lowest BCUT2D eigenvalue weighted by atomic mass is 10.1. The van der Waals surface area contributed by atoms with E-state index in [4.69, 9.17) is 5.11 Å². The van der Waals surface area contributed by atoms with Gasteiger partial charge in [0.25, 0.3) is 5.91 Å². The number of nitrogens with zero attached hydrogens (tertiary/aromatic N) is 3. The largest absolute Gasteiger partial charge is 0.478 e. The van der Waals surface area contributed by atoms with E-state index >= 15 is 0 Å². The van der Waals surface area contributed by atoms with E-state index < -0.39 is 5.97 Å². The summed E-state index contributed by atoms with van der Waals surface area (Å²) < 4.78 is 1.58. The number of aryl methyl sites for hydroxylation is 1. The van der Waals surface area contributed by atoms with E-state index in [1.54, 1.807) is 47.1 Å². The van der Waals surface area contributed by atoms with Gasteiger partial charge in [-0.3, -0.25) is 9.48 Å². The molecular formula is C14H13N3O3. The van der Waals surface area contributed by atoms with Crippen LogP contribution in [0, 0.1) is 0 Å². The fourth-order valence-electron chi connectivity index (χ4n) is 2.36. The van der Waals surface area contributed by atoms with Gasteiger partial charge in [0, 0.05) is 26.3 Å². The molecule has 0 saturated carbocycles. The van der Waals surface area contributed by atoms with E-state index in [1.807, 2.05) is 0 Å². The Hall–Kier alpha value is -2.63. The minimum absolute atomic E-state index is 0.140. The number of aromatic carboxylic acids is 1. The molecule has 3 rings (SSSR count). The molecule has 1 aliphatic rings.